The van der Waals surface area contributed by atoms with Crippen LogP contribution in [0.25, 0.3) is 0 Å². The van der Waals surface area contributed by atoms with Crippen LogP contribution in [-0.4, -0.2) is 12.6 Å². The molecule has 11 heavy (non-hydrogen) atoms. The molecule has 0 aliphatic heterocycles. The summed E-state index contributed by atoms with van der Waals surface area (Å²) in [6.07, 6.45) is 2.39. The molecule has 1 aromatic rings. The Morgan fingerprint density at radius 3 is 3.00 bits per heavy atom. The average molecular weight is 205 g/mol. The van der Waals surface area contributed by atoms with E-state index in [2.05, 4.69) is 15.4 Å². The average Bonchev–Trinajstić information content (AvgIpc) is 2.38. The van der Waals surface area contributed by atoms with Gasteiger partial charge in [-0.3, -0.25) is 4.79 Å². The second-order valence-corrected chi connectivity index (χ2v) is 1.64. The van der Waals surface area contributed by atoms with Gasteiger partial charge in [0.05, 0.1) is 12.4 Å². The fourth-order valence-electron chi connectivity index (χ4n) is 0.553. The molecule has 0 aromatic carbocycles. The van der Waals surface area contributed by atoms with Gasteiger partial charge in [-0.05, 0) is 13.2 Å². The number of hydrogen-bond acceptors (Lipinski definition) is 3. The Labute approximate surface area is 77.5 Å². The summed E-state index contributed by atoms with van der Waals surface area (Å²) >= 11 is 0. The Morgan fingerprint density at radius 2 is 2.55 bits per heavy atom. The molecule has 0 unspecified atom stereocenters. The summed E-state index contributed by atoms with van der Waals surface area (Å²) in [6.45, 7) is 2.10. The molecule has 0 N–H and O–H groups in total. The molecule has 1 rings (SSSR count). The van der Waals surface area contributed by atoms with Crippen LogP contribution in [0.1, 0.15) is 17.5 Å². The number of hydrogen-bond donors (Lipinski definition) is 0. The van der Waals surface area contributed by atoms with Gasteiger partial charge in [-0.2, -0.15) is 6.07 Å². The second-order valence-electron chi connectivity index (χ2n) is 1.64. The monoisotopic (exact) mass is 203 g/mol. The first-order valence-corrected chi connectivity index (χ1v) is 2.97. The van der Waals surface area contributed by atoms with E-state index in [9.17, 15) is 4.79 Å². The Bertz CT molecular complexity index is 205. The van der Waals surface area contributed by atoms with Crippen molar-refractivity contribution < 1.29 is 33.4 Å². The number of carbonyl (C=O) groups excluding carboxylic acids is 1. The largest absolute Gasteiger partial charge is 0.585 e. The third-order valence-corrected chi connectivity index (χ3v) is 0.948. The topological polar surface area (TPSA) is 39.4 Å². The minimum absolute atomic E-state index is 0. The maximum atomic E-state index is 10.8. The zero-order valence-corrected chi connectivity index (χ0v) is 9.26. The van der Waals surface area contributed by atoms with Crippen molar-refractivity contribution in [2.24, 2.45) is 0 Å². The summed E-state index contributed by atoms with van der Waals surface area (Å²) in [5.74, 6) is -0.245. The summed E-state index contributed by atoms with van der Waals surface area (Å²) in [5.41, 5.74) is 0. The molecule has 0 amide bonds. The van der Waals surface area contributed by atoms with Gasteiger partial charge < -0.3 is 9.15 Å². The van der Waals surface area contributed by atoms with Gasteiger partial charge in [-0.1, -0.05) is 0 Å². The van der Waals surface area contributed by atoms with Crippen molar-refractivity contribution in [1.82, 2.24) is 0 Å². The molecule has 1 aromatic heterocycles. The van der Waals surface area contributed by atoms with Crippen molar-refractivity contribution in [1.29, 1.82) is 0 Å². The normalized spacial score (nSPS) is 8.45. The van der Waals surface area contributed by atoms with Gasteiger partial charge in [0, 0.05) is 19.5 Å². The van der Waals surface area contributed by atoms with Crippen molar-refractivity contribution in [3.8, 4) is 0 Å². The van der Waals surface area contributed by atoms with Crippen molar-refractivity contribution in [2.45, 2.75) is 6.92 Å². The molecule has 0 bridgehead atoms. The first-order valence-electron chi connectivity index (χ1n) is 2.97. The van der Waals surface area contributed by atoms with Gasteiger partial charge >= 0.3 is 5.97 Å². The summed E-state index contributed by atoms with van der Waals surface area (Å²) in [4.78, 5) is 10.8. The minimum atomic E-state index is -0.441. The standard InChI is InChI=1S/C7H7O3.Zn/c1-2-9-7(8)6-4-3-5-10-6;/h3-4H,2H2,1H3;/q-1;. The molecule has 1 heterocycles. The third kappa shape index (κ3) is 2.85. The van der Waals surface area contributed by atoms with Crippen LogP contribution >= 0.6 is 0 Å². The van der Waals surface area contributed by atoms with Gasteiger partial charge in [0.25, 0.3) is 0 Å². The van der Waals surface area contributed by atoms with E-state index in [-0.39, 0.29) is 25.2 Å². The van der Waals surface area contributed by atoms with E-state index in [0.717, 1.165) is 0 Å². The Balaban J connectivity index is 0.000001000. The zero-order valence-electron chi connectivity index (χ0n) is 6.29. The maximum Gasteiger partial charge on any atom is 0.303 e. The van der Waals surface area contributed by atoms with Crippen LogP contribution in [0.2, 0.25) is 0 Å². The maximum absolute atomic E-state index is 10.8. The number of carbonyl (C=O) groups is 1. The van der Waals surface area contributed by atoms with E-state index in [1.165, 1.54) is 12.1 Å². The zero-order chi connectivity index (χ0) is 7.40. The van der Waals surface area contributed by atoms with Gasteiger partial charge in [0.15, 0.2) is 0 Å². The van der Waals surface area contributed by atoms with Crippen molar-refractivity contribution in [2.75, 3.05) is 6.61 Å². The van der Waals surface area contributed by atoms with Gasteiger partial charge in [-0.25, -0.2) is 0 Å². The quantitative estimate of drug-likeness (QED) is 0.414. The first-order chi connectivity index (χ1) is 4.84. The molecule has 3 nitrogen and oxygen atoms in total. The van der Waals surface area contributed by atoms with E-state index < -0.39 is 5.97 Å². The van der Waals surface area contributed by atoms with Gasteiger partial charge in [-0.15, -0.1) is 6.07 Å². The van der Waals surface area contributed by atoms with Gasteiger partial charge in [0.2, 0.25) is 0 Å². The molecule has 0 fully saturated rings. The molecule has 0 saturated heterocycles. The Kier molecular flexibility index (Phi) is 4.79. The van der Waals surface area contributed by atoms with Crippen LogP contribution in [0.4, 0.5) is 0 Å². The smallest absolute Gasteiger partial charge is 0.303 e. The van der Waals surface area contributed by atoms with Crippen molar-refractivity contribution >= 4 is 5.97 Å². The van der Waals surface area contributed by atoms with Crippen LogP contribution in [0.5, 0.6) is 0 Å². The van der Waals surface area contributed by atoms with Crippen LogP contribution < -0.4 is 0 Å². The molecule has 0 atom stereocenters. The molecule has 0 radical (unpaired) electrons. The summed E-state index contributed by atoms with van der Waals surface area (Å²) in [7, 11) is 0. The van der Waals surface area contributed by atoms with E-state index >= 15 is 0 Å². The van der Waals surface area contributed by atoms with Crippen LogP contribution in [0.15, 0.2) is 16.5 Å². The minimum Gasteiger partial charge on any atom is -0.585 e. The van der Waals surface area contributed by atoms with Crippen LogP contribution in [0, 0.1) is 6.26 Å². The SMILES string of the molecule is CCOC(=O)c1cc[c-]o1.[Zn]. The number of ether oxygens (including phenoxy) is 1. The van der Waals surface area contributed by atoms with E-state index in [1.807, 2.05) is 0 Å². The van der Waals surface area contributed by atoms with Crippen LogP contribution in [-0.2, 0) is 24.2 Å². The van der Waals surface area contributed by atoms with Crippen molar-refractivity contribution in [3.63, 3.8) is 0 Å². The van der Waals surface area contributed by atoms with E-state index in [1.54, 1.807) is 6.92 Å². The Hall–Kier alpha value is -0.627. The first kappa shape index (κ1) is 10.4. The second kappa shape index (κ2) is 5.08. The third-order valence-electron chi connectivity index (χ3n) is 0.948. The predicted molar refractivity (Wildman–Crippen MR) is 33.5 cm³/mol. The molecule has 0 saturated carbocycles. The molecular formula is C7H7O3Zn-. The van der Waals surface area contributed by atoms with Gasteiger partial charge in [0.1, 0.15) is 0 Å². The molecule has 0 aliphatic carbocycles. The summed E-state index contributed by atoms with van der Waals surface area (Å²) < 4.78 is 9.28. The van der Waals surface area contributed by atoms with E-state index in [0.29, 0.717) is 6.61 Å². The number of furan rings is 1. The molecule has 4 heteroatoms. The fourth-order valence-corrected chi connectivity index (χ4v) is 0.553. The van der Waals surface area contributed by atoms with Crippen molar-refractivity contribution in [3.05, 3.63) is 24.2 Å². The van der Waals surface area contributed by atoms with Crippen LogP contribution in [0.3, 0.4) is 0 Å². The fraction of sp³-hybridized carbons (Fsp3) is 0.286. The molecule has 56 valence electrons. The molecule has 0 aliphatic rings. The number of esters is 1. The molecule has 0 spiro atoms. The predicted octanol–water partition coefficient (Wildman–Crippen LogP) is 1.25. The summed E-state index contributed by atoms with van der Waals surface area (Å²) in [5, 5.41) is 0. The number of rotatable bonds is 2. The summed E-state index contributed by atoms with van der Waals surface area (Å²) in [6, 6.07) is 3.03. The molecular weight excluding hydrogens is 197 g/mol. The van der Waals surface area contributed by atoms with E-state index in [4.69, 9.17) is 0 Å². The Morgan fingerprint density at radius 1 is 1.82 bits per heavy atom.